The number of hydrogen-bond acceptors (Lipinski definition) is 7. The van der Waals surface area contributed by atoms with Crippen LogP contribution in [0.4, 0.5) is 0 Å². The van der Waals surface area contributed by atoms with Crippen molar-refractivity contribution in [2.45, 2.75) is 70.2 Å². The van der Waals surface area contributed by atoms with Crippen LogP contribution in [0.2, 0.25) is 0 Å². The van der Waals surface area contributed by atoms with Gasteiger partial charge >= 0.3 is 0 Å². The summed E-state index contributed by atoms with van der Waals surface area (Å²) in [6.07, 6.45) is 1.55. The number of carbonyl (C=O) groups excluding carboxylic acids is 1. The SMILES string of the molecule is C/C=C\[C@H](C)[C@H]1OC1(C)[C@@H](O)[C@@H](CO)C(=O)[C@@H]1COC(O)(CC)C[C@H]1O. The summed E-state index contributed by atoms with van der Waals surface area (Å²) < 4.78 is 11.0. The maximum atomic E-state index is 12.8. The van der Waals surface area contributed by atoms with Gasteiger partial charge in [-0.1, -0.05) is 26.0 Å². The molecule has 8 atom stereocenters. The van der Waals surface area contributed by atoms with E-state index in [2.05, 4.69) is 0 Å². The fraction of sp³-hybridized carbons (Fsp3) is 0.842. The lowest BCUT2D eigenvalue weighted by molar-refractivity contribution is -0.258. The van der Waals surface area contributed by atoms with Crippen LogP contribution in [0, 0.1) is 17.8 Å². The van der Waals surface area contributed by atoms with Gasteiger partial charge in [0.2, 0.25) is 0 Å². The molecule has 7 nitrogen and oxygen atoms in total. The summed E-state index contributed by atoms with van der Waals surface area (Å²) in [4.78, 5) is 12.8. The molecule has 0 aromatic carbocycles. The number of ether oxygens (including phenoxy) is 2. The van der Waals surface area contributed by atoms with E-state index in [4.69, 9.17) is 9.47 Å². The fourth-order valence-corrected chi connectivity index (χ4v) is 3.93. The van der Waals surface area contributed by atoms with Crippen molar-refractivity contribution in [3.63, 3.8) is 0 Å². The minimum absolute atomic E-state index is 0.0669. The zero-order valence-corrected chi connectivity index (χ0v) is 16.0. The Bertz CT molecular complexity index is 536. The Morgan fingerprint density at radius 2 is 2.08 bits per heavy atom. The van der Waals surface area contributed by atoms with E-state index in [1.54, 1.807) is 13.8 Å². The molecular formula is C19H32O7. The van der Waals surface area contributed by atoms with E-state index in [1.165, 1.54) is 0 Å². The highest BCUT2D eigenvalue weighted by atomic mass is 16.6. The smallest absolute Gasteiger partial charge is 0.167 e. The molecule has 0 aromatic rings. The molecule has 2 rings (SSSR count). The predicted molar refractivity (Wildman–Crippen MR) is 94.2 cm³/mol. The molecule has 2 heterocycles. The van der Waals surface area contributed by atoms with Crippen LogP contribution in [0.15, 0.2) is 12.2 Å². The molecule has 0 spiro atoms. The molecule has 2 aliphatic heterocycles. The maximum absolute atomic E-state index is 12.8. The minimum Gasteiger partial charge on any atom is -0.396 e. The highest BCUT2D eigenvalue weighted by Gasteiger charge is 2.62. The molecule has 0 saturated carbocycles. The van der Waals surface area contributed by atoms with Crippen molar-refractivity contribution in [3.05, 3.63) is 12.2 Å². The van der Waals surface area contributed by atoms with Crippen molar-refractivity contribution < 1.29 is 34.7 Å². The van der Waals surface area contributed by atoms with Gasteiger partial charge in [-0.05, 0) is 20.3 Å². The van der Waals surface area contributed by atoms with Crippen LogP contribution in [0.3, 0.4) is 0 Å². The molecule has 0 radical (unpaired) electrons. The van der Waals surface area contributed by atoms with Gasteiger partial charge in [0.05, 0.1) is 43.4 Å². The van der Waals surface area contributed by atoms with Gasteiger partial charge in [0.1, 0.15) is 11.4 Å². The highest BCUT2D eigenvalue weighted by Crippen LogP contribution is 2.47. The Balaban J connectivity index is 2.07. The number of carbonyl (C=O) groups is 1. The lowest BCUT2D eigenvalue weighted by atomic mass is 9.78. The Labute approximate surface area is 154 Å². The number of aliphatic hydroxyl groups excluding tert-OH is 3. The number of rotatable bonds is 8. The van der Waals surface area contributed by atoms with Gasteiger partial charge in [0.25, 0.3) is 0 Å². The number of aliphatic hydroxyl groups is 4. The van der Waals surface area contributed by atoms with Gasteiger partial charge in [-0.15, -0.1) is 0 Å². The molecule has 2 saturated heterocycles. The number of hydrogen-bond donors (Lipinski definition) is 4. The van der Waals surface area contributed by atoms with Crippen molar-refractivity contribution in [3.8, 4) is 0 Å². The zero-order valence-electron chi connectivity index (χ0n) is 16.0. The monoisotopic (exact) mass is 372 g/mol. The van der Waals surface area contributed by atoms with Crippen LogP contribution in [-0.2, 0) is 14.3 Å². The molecule has 0 aromatic heterocycles. The van der Waals surface area contributed by atoms with E-state index >= 15 is 0 Å². The first kappa shape index (κ1) is 21.5. The summed E-state index contributed by atoms with van der Waals surface area (Å²) in [7, 11) is 0. The molecule has 150 valence electrons. The summed E-state index contributed by atoms with van der Waals surface area (Å²) in [6.45, 7) is 6.61. The Morgan fingerprint density at radius 1 is 1.42 bits per heavy atom. The zero-order chi connectivity index (χ0) is 19.7. The van der Waals surface area contributed by atoms with Crippen LogP contribution >= 0.6 is 0 Å². The number of Topliss-reactive ketones (excluding diaryl/α,β-unsaturated/α-hetero) is 1. The van der Waals surface area contributed by atoms with E-state index in [-0.39, 0.29) is 25.0 Å². The second kappa shape index (κ2) is 8.04. The number of epoxide rings is 1. The second-order valence-electron chi connectivity index (χ2n) is 7.73. The van der Waals surface area contributed by atoms with Gasteiger partial charge < -0.3 is 29.9 Å². The van der Waals surface area contributed by atoms with Crippen molar-refractivity contribution in [1.29, 1.82) is 0 Å². The molecule has 2 fully saturated rings. The van der Waals surface area contributed by atoms with E-state index in [0.29, 0.717) is 6.42 Å². The third-order valence-electron chi connectivity index (χ3n) is 5.83. The van der Waals surface area contributed by atoms with Crippen LogP contribution in [0.1, 0.15) is 40.5 Å². The molecule has 4 N–H and O–H groups in total. The van der Waals surface area contributed by atoms with Crippen molar-refractivity contribution in [1.82, 2.24) is 0 Å². The van der Waals surface area contributed by atoms with Gasteiger partial charge in [0.15, 0.2) is 5.79 Å². The molecule has 0 amide bonds. The maximum Gasteiger partial charge on any atom is 0.167 e. The quantitative estimate of drug-likeness (QED) is 0.359. The second-order valence-corrected chi connectivity index (χ2v) is 7.73. The average molecular weight is 372 g/mol. The Hall–Kier alpha value is -0.830. The topological polar surface area (TPSA) is 120 Å². The first-order valence-electron chi connectivity index (χ1n) is 9.31. The Morgan fingerprint density at radius 3 is 2.58 bits per heavy atom. The lowest BCUT2D eigenvalue weighted by Crippen LogP contribution is -2.53. The number of allylic oxidation sites excluding steroid dienone is 1. The lowest BCUT2D eigenvalue weighted by Gasteiger charge is -2.39. The fourth-order valence-electron chi connectivity index (χ4n) is 3.93. The van der Waals surface area contributed by atoms with Crippen molar-refractivity contribution in [2.75, 3.05) is 13.2 Å². The molecule has 26 heavy (non-hydrogen) atoms. The predicted octanol–water partition coefficient (Wildman–Crippen LogP) is 0.391. The van der Waals surface area contributed by atoms with Crippen LogP contribution in [-0.4, -0.2) is 69.1 Å². The normalized spacial score (nSPS) is 41.0. The molecule has 0 bridgehead atoms. The largest absolute Gasteiger partial charge is 0.396 e. The Kier molecular flexibility index (Phi) is 6.64. The van der Waals surface area contributed by atoms with Crippen LogP contribution in [0.25, 0.3) is 0 Å². The van der Waals surface area contributed by atoms with Gasteiger partial charge in [-0.25, -0.2) is 0 Å². The molecule has 7 heteroatoms. The first-order valence-corrected chi connectivity index (χ1v) is 9.31. The molecule has 0 aliphatic carbocycles. The summed E-state index contributed by atoms with van der Waals surface area (Å²) in [6, 6.07) is 0. The molecule has 2 unspecified atom stereocenters. The summed E-state index contributed by atoms with van der Waals surface area (Å²) in [5.74, 6) is -3.83. The standard InChI is InChI=1S/C19H32O7/c1-5-7-11(3)17-18(4,26-17)16(23)12(9-20)15(22)13-10-25-19(24,6-2)8-14(13)21/h5,7,11-14,16-17,20-21,23-24H,6,8-10H2,1-4H3/b7-5-/t11-,12-,13+,14+,16-,17+,18?,19?/m0/s1. The average Bonchev–Trinajstić information content (AvgIpc) is 3.29. The van der Waals surface area contributed by atoms with Crippen LogP contribution in [0.5, 0.6) is 0 Å². The summed E-state index contributed by atoms with van der Waals surface area (Å²) >= 11 is 0. The van der Waals surface area contributed by atoms with E-state index in [1.807, 2.05) is 26.0 Å². The van der Waals surface area contributed by atoms with E-state index < -0.39 is 47.8 Å². The molecule has 2 aliphatic rings. The van der Waals surface area contributed by atoms with Gasteiger partial charge in [-0.3, -0.25) is 4.79 Å². The summed E-state index contributed by atoms with van der Waals surface area (Å²) in [5.41, 5.74) is -0.924. The van der Waals surface area contributed by atoms with Gasteiger partial charge in [-0.2, -0.15) is 0 Å². The first-order chi connectivity index (χ1) is 12.1. The third kappa shape index (κ3) is 4.03. The highest BCUT2D eigenvalue weighted by molar-refractivity contribution is 5.85. The van der Waals surface area contributed by atoms with Crippen molar-refractivity contribution in [2.24, 2.45) is 17.8 Å². The summed E-state index contributed by atoms with van der Waals surface area (Å²) in [5, 5.41) is 40.9. The molecular weight excluding hydrogens is 340 g/mol. The van der Waals surface area contributed by atoms with Crippen molar-refractivity contribution >= 4 is 5.78 Å². The minimum atomic E-state index is -1.44. The van der Waals surface area contributed by atoms with E-state index in [0.717, 1.165) is 0 Å². The van der Waals surface area contributed by atoms with Gasteiger partial charge in [0, 0.05) is 12.3 Å². The van der Waals surface area contributed by atoms with E-state index in [9.17, 15) is 25.2 Å². The number of ketones is 1. The third-order valence-corrected chi connectivity index (χ3v) is 5.83. The van der Waals surface area contributed by atoms with Crippen LogP contribution < -0.4 is 0 Å².